The van der Waals surface area contributed by atoms with Crippen LogP contribution in [0.25, 0.3) is 0 Å². The third kappa shape index (κ3) is 4.75. The van der Waals surface area contributed by atoms with Crippen LogP contribution in [0.4, 0.5) is 10.1 Å². The number of carbonyl (C=O) groups excluding carboxylic acids is 2. The first-order valence-corrected chi connectivity index (χ1v) is 9.06. The molecule has 0 saturated carbocycles. The van der Waals surface area contributed by atoms with E-state index >= 15 is 0 Å². The van der Waals surface area contributed by atoms with E-state index < -0.39 is 11.9 Å². The summed E-state index contributed by atoms with van der Waals surface area (Å²) in [5.74, 6) is -1.04. The molecule has 3 rings (SSSR count). The van der Waals surface area contributed by atoms with Gasteiger partial charge in [-0.1, -0.05) is 18.2 Å². The zero-order chi connectivity index (χ0) is 21.5. The maximum Gasteiger partial charge on any atom is 0.355 e. The molecular formula is C23H20FNO5. The first kappa shape index (κ1) is 20.9. The number of carbonyl (C=O) groups is 2. The minimum Gasteiger partial charge on any atom is -0.489 e. The Bertz CT molecular complexity index is 1010. The molecule has 2 aromatic carbocycles. The number of rotatable bonds is 6. The van der Waals surface area contributed by atoms with E-state index in [9.17, 15) is 14.0 Å². The smallest absolute Gasteiger partial charge is 0.355 e. The van der Waals surface area contributed by atoms with Gasteiger partial charge in [-0.15, -0.1) is 0 Å². The average molecular weight is 409 g/mol. The van der Waals surface area contributed by atoms with Gasteiger partial charge in [0.1, 0.15) is 23.9 Å². The number of hydrogen-bond donors (Lipinski definition) is 0. The lowest BCUT2D eigenvalue weighted by atomic mass is 10.1. The van der Waals surface area contributed by atoms with Gasteiger partial charge in [-0.2, -0.15) is 0 Å². The first-order chi connectivity index (χ1) is 14.5. The van der Waals surface area contributed by atoms with Gasteiger partial charge in [-0.3, -0.25) is 0 Å². The highest BCUT2D eigenvalue weighted by atomic mass is 19.1. The molecule has 1 aliphatic heterocycles. The molecule has 1 aliphatic rings. The Balaban J connectivity index is 1.84. The molecule has 6 nitrogen and oxygen atoms in total. The lowest BCUT2D eigenvalue weighted by molar-refractivity contribution is -0.139. The zero-order valence-corrected chi connectivity index (χ0v) is 16.5. The van der Waals surface area contributed by atoms with Crippen LogP contribution in [-0.4, -0.2) is 26.2 Å². The summed E-state index contributed by atoms with van der Waals surface area (Å²) in [7, 11) is 2.49. The average Bonchev–Trinajstić information content (AvgIpc) is 3.01. The Morgan fingerprint density at radius 1 is 0.900 bits per heavy atom. The molecule has 154 valence electrons. The second kappa shape index (κ2) is 9.56. The molecule has 1 heterocycles. The number of nitrogens with zero attached hydrogens (tertiary/aromatic N) is 1. The van der Waals surface area contributed by atoms with Crippen LogP contribution in [0, 0.1) is 5.82 Å². The normalized spacial score (nSPS) is 13.1. The molecule has 2 aromatic rings. The van der Waals surface area contributed by atoms with Crippen molar-refractivity contribution in [2.75, 3.05) is 19.1 Å². The molecule has 30 heavy (non-hydrogen) atoms. The number of ether oxygens (including phenoxy) is 3. The van der Waals surface area contributed by atoms with Crippen molar-refractivity contribution in [2.24, 2.45) is 0 Å². The highest BCUT2D eigenvalue weighted by Crippen LogP contribution is 2.28. The molecule has 0 N–H and O–H groups in total. The Labute approximate surface area is 173 Å². The van der Waals surface area contributed by atoms with Gasteiger partial charge < -0.3 is 19.1 Å². The molecule has 0 fully saturated rings. The molecule has 7 heteroatoms. The topological polar surface area (TPSA) is 65.1 Å². The second-order valence-corrected chi connectivity index (χ2v) is 6.23. The zero-order valence-electron chi connectivity index (χ0n) is 16.5. The fraction of sp³-hybridized carbons (Fsp3) is 0.130. The predicted octanol–water partition coefficient (Wildman–Crippen LogP) is 3.89. The molecule has 0 atom stereocenters. The Kier molecular flexibility index (Phi) is 6.64. The molecule has 0 saturated heterocycles. The van der Waals surface area contributed by atoms with Crippen molar-refractivity contribution in [2.45, 2.75) is 6.61 Å². The van der Waals surface area contributed by atoms with Crippen molar-refractivity contribution < 1.29 is 28.2 Å². The fourth-order valence-corrected chi connectivity index (χ4v) is 2.82. The monoisotopic (exact) mass is 409 g/mol. The van der Waals surface area contributed by atoms with Crippen LogP contribution in [0.2, 0.25) is 0 Å². The molecule has 0 bridgehead atoms. The van der Waals surface area contributed by atoms with Gasteiger partial charge in [0.15, 0.2) is 0 Å². The molecule has 0 spiro atoms. The second-order valence-electron chi connectivity index (χ2n) is 6.23. The summed E-state index contributed by atoms with van der Waals surface area (Å²) in [5, 5.41) is 0. The van der Waals surface area contributed by atoms with E-state index in [2.05, 4.69) is 0 Å². The summed E-state index contributed by atoms with van der Waals surface area (Å²) in [6.45, 7) is 0.285. The summed E-state index contributed by atoms with van der Waals surface area (Å²) in [5.41, 5.74) is 1.56. The van der Waals surface area contributed by atoms with Crippen molar-refractivity contribution in [3.05, 3.63) is 95.6 Å². The third-order valence-corrected chi connectivity index (χ3v) is 4.32. The lowest BCUT2D eigenvalue weighted by Gasteiger charge is -2.23. The highest BCUT2D eigenvalue weighted by molar-refractivity contribution is 6.05. The van der Waals surface area contributed by atoms with Crippen LogP contribution in [0.5, 0.6) is 5.75 Å². The van der Waals surface area contributed by atoms with E-state index in [-0.39, 0.29) is 23.7 Å². The van der Waals surface area contributed by atoms with Crippen LogP contribution in [0.15, 0.2) is 84.2 Å². The van der Waals surface area contributed by atoms with Gasteiger partial charge in [-0.25, -0.2) is 14.0 Å². The standard InChI is InChI=1S/C23H20FNO5/c1-28-22(26)20-5-3-4-14-25(21(20)23(27)29-2)18-10-12-19(13-11-18)30-15-16-6-8-17(24)9-7-16/h3-14H,15H2,1-2H3. The number of halogens is 1. The summed E-state index contributed by atoms with van der Waals surface area (Å²) in [6.07, 6.45) is 6.47. The molecule has 0 amide bonds. The number of hydrogen-bond acceptors (Lipinski definition) is 6. The SMILES string of the molecule is COC(=O)C1=C(C(=O)OC)N(c2ccc(OCc3ccc(F)cc3)cc2)C=CC=C1. The molecule has 0 radical (unpaired) electrons. The number of benzene rings is 2. The number of anilines is 1. The molecule has 0 unspecified atom stereocenters. The number of allylic oxidation sites excluding steroid dienone is 2. The predicted molar refractivity (Wildman–Crippen MR) is 109 cm³/mol. The molecule has 0 aliphatic carbocycles. The Hall–Kier alpha value is -3.87. The van der Waals surface area contributed by atoms with E-state index in [0.29, 0.717) is 11.4 Å². The van der Waals surface area contributed by atoms with E-state index in [1.807, 2.05) is 0 Å². The van der Waals surface area contributed by atoms with Crippen molar-refractivity contribution >= 4 is 17.6 Å². The summed E-state index contributed by atoms with van der Waals surface area (Å²) < 4.78 is 28.4. The van der Waals surface area contributed by atoms with Gasteiger partial charge in [-0.05, 0) is 54.1 Å². The van der Waals surface area contributed by atoms with E-state index in [1.165, 1.54) is 32.4 Å². The molecular weight excluding hydrogens is 389 g/mol. The first-order valence-electron chi connectivity index (χ1n) is 9.06. The Morgan fingerprint density at radius 3 is 2.20 bits per heavy atom. The fourth-order valence-electron chi connectivity index (χ4n) is 2.82. The van der Waals surface area contributed by atoms with Crippen molar-refractivity contribution in [3.63, 3.8) is 0 Å². The van der Waals surface area contributed by atoms with Crippen molar-refractivity contribution in [3.8, 4) is 5.75 Å². The van der Waals surface area contributed by atoms with Crippen molar-refractivity contribution in [1.29, 1.82) is 0 Å². The third-order valence-electron chi connectivity index (χ3n) is 4.32. The van der Waals surface area contributed by atoms with Gasteiger partial charge in [0, 0.05) is 11.9 Å². The van der Waals surface area contributed by atoms with Crippen LogP contribution >= 0.6 is 0 Å². The van der Waals surface area contributed by atoms with E-state index in [1.54, 1.807) is 59.7 Å². The summed E-state index contributed by atoms with van der Waals surface area (Å²) >= 11 is 0. The minimum absolute atomic E-state index is 0.0364. The van der Waals surface area contributed by atoms with Crippen LogP contribution in [-0.2, 0) is 25.7 Å². The van der Waals surface area contributed by atoms with E-state index in [4.69, 9.17) is 14.2 Å². The van der Waals surface area contributed by atoms with Crippen molar-refractivity contribution in [1.82, 2.24) is 0 Å². The Morgan fingerprint density at radius 2 is 1.57 bits per heavy atom. The van der Waals surface area contributed by atoms with Crippen LogP contribution in [0.1, 0.15) is 5.56 Å². The van der Waals surface area contributed by atoms with Gasteiger partial charge in [0.2, 0.25) is 0 Å². The largest absolute Gasteiger partial charge is 0.489 e. The summed E-state index contributed by atoms with van der Waals surface area (Å²) in [6, 6.07) is 13.0. The van der Waals surface area contributed by atoms with Crippen LogP contribution in [0.3, 0.4) is 0 Å². The molecule has 0 aromatic heterocycles. The van der Waals surface area contributed by atoms with Gasteiger partial charge >= 0.3 is 11.9 Å². The number of esters is 2. The quantitative estimate of drug-likeness (QED) is 0.675. The maximum absolute atomic E-state index is 13.0. The summed E-state index contributed by atoms with van der Waals surface area (Å²) in [4.78, 5) is 26.2. The maximum atomic E-state index is 13.0. The highest BCUT2D eigenvalue weighted by Gasteiger charge is 2.27. The number of methoxy groups -OCH3 is 2. The minimum atomic E-state index is -0.678. The lowest BCUT2D eigenvalue weighted by Crippen LogP contribution is -2.26. The van der Waals surface area contributed by atoms with Gasteiger partial charge in [0.25, 0.3) is 0 Å². The van der Waals surface area contributed by atoms with Gasteiger partial charge in [0.05, 0.1) is 19.8 Å². The van der Waals surface area contributed by atoms with E-state index in [0.717, 1.165) is 5.56 Å². The van der Waals surface area contributed by atoms with Crippen LogP contribution < -0.4 is 9.64 Å².